The largest absolute Gasteiger partial charge is 0.376 e. The van der Waals surface area contributed by atoms with Gasteiger partial charge in [0.2, 0.25) is 0 Å². The minimum atomic E-state index is -0.240. The van der Waals surface area contributed by atoms with Crippen molar-refractivity contribution in [2.45, 2.75) is 32.4 Å². The summed E-state index contributed by atoms with van der Waals surface area (Å²) in [6, 6.07) is 9.22. The topological polar surface area (TPSA) is 78.2 Å². The molecule has 3 heterocycles. The minimum Gasteiger partial charge on any atom is -0.376 e. The molecule has 27 heavy (non-hydrogen) atoms. The highest BCUT2D eigenvalue weighted by molar-refractivity contribution is 5.99. The summed E-state index contributed by atoms with van der Waals surface area (Å²) >= 11 is 0. The number of aryl methyl sites for hydroxylation is 1. The monoisotopic (exact) mass is 366 g/mol. The number of amides is 1. The number of nitrogens with zero attached hydrogens (tertiary/aromatic N) is 3. The van der Waals surface area contributed by atoms with Crippen molar-refractivity contribution in [3.8, 4) is 16.9 Å². The molecule has 1 fully saturated rings. The van der Waals surface area contributed by atoms with Gasteiger partial charge >= 0.3 is 0 Å². The Labute approximate surface area is 156 Å². The molecule has 1 aromatic carbocycles. The van der Waals surface area contributed by atoms with E-state index in [1.165, 1.54) is 4.68 Å². The Bertz CT molecular complexity index is 971. The van der Waals surface area contributed by atoms with Crippen LogP contribution in [-0.2, 0) is 11.3 Å². The number of nitrogens with one attached hydrogen (secondary N) is 1. The van der Waals surface area contributed by atoms with Crippen LogP contribution < -0.4 is 10.9 Å². The maximum absolute atomic E-state index is 12.9. The Morgan fingerprint density at radius 1 is 1.30 bits per heavy atom. The first-order chi connectivity index (χ1) is 13.2. The van der Waals surface area contributed by atoms with E-state index in [9.17, 15) is 9.59 Å². The lowest BCUT2D eigenvalue weighted by Gasteiger charge is -2.13. The summed E-state index contributed by atoms with van der Waals surface area (Å²) in [5, 5.41) is 7.38. The molecule has 0 spiro atoms. The van der Waals surface area contributed by atoms with E-state index < -0.39 is 0 Å². The number of hydrogen-bond donors (Lipinski definition) is 1. The van der Waals surface area contributed by atoms with E-state index >= 15 is 0 Å². The lowest BCUT2D eigenvalue weighted by Crippen LogP contribution is -2.32. The fourth-order valence-electron chi connectivity index (χ4n) is 3.36. The molecular formula is C20H22N4O3. The number of hydrogen-bond acceptors (Lipinski definition) is 4. The summed E-state index contributed by atoms with van der Waals surface area (Å²) in [6.45, 7) is 3.82. The Hall–Kier alpha value is -2.93. The fraction of sp³-hybridized carbons (Fsp3) is 0.350. The Morgan fingerprint density at radius 2 is 2.11 bits per heavy atom. The Balaban J connectivity index is 1.73. The number of pyridine rings is 1. The first-order valence-electron chi connectivity index (χ1n) is 9.25. The van der Waals surface area contributed by atoms with Crippen LogP contribution in [0.2, 0.25) is 0 Å². The second kappa shape index (κ2) is 7.36. The van der Waals surface area contributed by atoms with E-state index in [-0.39, 0.29) is 17.6 Å². The molecule has 140 valence electrons. The van der Waals surface area contributed by atoms with E-state index in [4.69, 9.17) is 4.74 Å². The van der Waals surface area contributed by atoms with Crippen molar-refractivity contribution < 1.29 is 9.53 Å². The van der Waals surface area contributed by atoms with Crippen LogP contribution >= 0.6 is 0 Å². The maximum atomic E-state index is 12.9. The number of aromatic nitrogens is 3. The number of benzene rings is 1. The van der Waals surface area contributed by atoms with Crippen molar-refractivity contribution in [3.63, 3.8) is 0 Å². The number of fused-ring (bicyclic) bond motifs is 1. The summed E-state index contributed by atoms with van der Waals surface area (Å²) in [7, 11) is 0. The molecule has 0 unspecified atom stereocenters. The molecule has 4 rings (SSSR count). The van der Waals surface area contributed by atoms with Gasteiger partial charge in [0, 0.05) is 32.1 Å². The van der Waals surface area contributed by atoms with Gasteiger partial charge in [0.1, 0.15) is 5.69 Å². The second-order valence-electron chi connectivity index (χ2n) is 6.66. The average Bonchev–Trinajstić information content (AvgIpc) is 3.34. The number of para-hydroxylation sites is 1. The number of carbonyl (C=O) groups excluding carboxylic acids is 1. The van der Waals surface area contributed by atoms with Gasteiger partial charge in [-0.05, 0) is 31.9 Å². The van der Waals surface area contributed by atoms with Crippen LogP contribution in [0.25, 0.3) is 16.9 Å². The predicted molar refractivity (Wildman–Crippen MR) is 101 cm³/mol. The van der Waals surface area contributed by atoms with Crippen LogP contribution in [0.4, 0.5) is 0 Å². The lowest BCUT2D eigenvalue weighted by molar-refractivity contribution is 0.0857. The van der Waals surface area contributed by atoms with Gasteiger partial charge in [-0.1, -0.05) is 18.2 Å². The van der Waals surface area contributed by atoms with Gasteiger partial charge < -0.3 is 14.6 Å². The van der Waals surface area contributed by atoms with Crippen LogP contribution in [0.5, 0.6) is 0 Å². The molecule has 1 atom stereocenters. The van der Waals surface area contributed by atoms with Gasteiger partial charge in [-0.25, -0.2) is 0 Å². The molecule has 0 aliphatic carbocycles. The summed E-state index contributed by atoms with van der Waals surface area (Å²) in [6.07, 6.45) is 5.53. The SMILES string of the molecule is CCn1cc(C(=O)NC[C@@H]2CCCO2)c2nn(-c3ccccc3)c(=O)c-2c1. The molecule has 7 nitrogen and oxygen atoms in total. The quantitative estimate of drug-likeness (QED) is 0.750. The third-order valence-electron chi connectivity index (χ3n) is 4.85. The molecule has 0 bridgehead atoms. The van der Waals surface area contributed by atoms with Gasteiger partial charge in [0.25, 0.3) is 11.5 Å². The molecule has 0 aromatic heterocycles. The molecule has 0 radical (unpaired) electrons. The van der Waals surface area contributed by atoms with E-state index in [0.29, 0.717) is 35.6 Å². The van der Waals surface area contributed by atoms with Crippen LogP contribution in [0.1, 0.15) is 30.1 Å². The zero-order valence-corrected chi connectivity index (χ0v) is 15.2. The van der Waals surface area contributed by atoms with Gasteiger partial charge in [0.05, 0.1) is 22.9 Å². The zero-order chi connectivity index (χ0) is 18.8. The van der Waals surface area contributed by atoms with Gasteiger partial charge in [-0.3, -0.25) is 9.59 Å². The molecule has 1 N–H and O–H groups in total. The van der Waals surface area contributed by atoms with Crippen molar-refractivity contribution in [2.24, 2.45) is 0 Å². The highest BCUT2D eigenvalue weighted by Gasteiger charge is 2.25. The number of ether oxygens (including phenoxy) is 1. The standard InChI is InChI=1S/C20H22N4O3/c1-2-23-12-16(19(25)21-11-15-9-6-10-27-15)18-17(13-23)20(26)24(22-18)14-7-4-3-5-8-14/h3-5,7-8,12-13,15H,2,6,9-11H2,1H3,(H,21,25)/t15-/m0/s1. The van der Waals surface area contributed by atoms with E-state index in [1.54, 1.807) is 12.4 Å². The Kier molecular flexibility index (Phi) is 4.77. The molecule has 3 aliphatic heterocycles. The molecule has 1 aromatic rings. The van der Waals surface area contributed by atoms with Gasteiger partial charge in [-0.2, -0.15) is 9.78 Å². The van der Waals surface area contributed by atoms with Crippen molar-refractivity contribution in [1.29, 1.82) is 0 Å². The van der Waals surface area contributed by atoms with Crippen LogP contribution in [0.3, 0.4) is 0 Å². The first kappa shape index (κ1) is 17.5. The number of carbonyl (C=O) groups is 1. The molecule has 0 saturated carbocycles. The third kappa shape index (κ3) is 3.38. The predicted octanol–water partition coefficient (Wildman–Crippen LogP) is 2.07. The van der Waals surface area contributed by atoms with Crippen LogP contribution in [0.15, 0.2) is 47.5 Å². The third-order valence-corrected chi connectivity index (χ3v) is 4.85. The molecule has 1 saturated heterocycles. The first-order valence-corrected chi connectivity index (χ1v) is 9.25. The maximum Gasteiger partial charge on any atom is 0.282 e. The molecule has 3 aliphatic rings. The van der Waals surface area contributed by atoms with E-state index in [0.717, 1.165) is 19.4 Å². The molecular weight excluding hydrogens is 344 g/mol. The van der Waals surface area contributed by atoms with Crippen LogP contribution in [0, 0.1) is 0 Å². The summed E-state index contributed by atoms with van der Waals surface area (Å²) in [4.78, 5) is 25.7. The highest BCUT2D eigenvalue weighted by atomic mass is 16.5. The van der Waals surface area contributed by atoms with Gasteiger partial charge in [0.15, 0.2) is 0 Å². The van der Waals surface area contributed by atoms with Gasteiger partial charge in [-0.15, -0.1) is 0 Å². The fourth-order valence-corrected chi connectivity index (χ4v) is 3.36. The van der Waals surface area contributed by atoms with Crippen molar-refractivity contribution >= 4 is 5.91 Å². The Morgan fingerprint density at radius 3 is 2.81 bits per heavy atom. The summed E-state index contributed by atoms with van der Waals surface area (Å²) in [5.74, 6) is -0.240. The molecule has 1 amide bonds. The minimum absolute atomic E-state index is 0.0587. The van der Waals surface area contributed by atoms with E-state index in [2.05, 4.69) is 10.4 Å². The zero-order valence-electron chi connectivity index (χ0n) is 15.2. The number of rotatable bonds is 5. The smallest absolute Gasteiger partial charge is 0.282 e. The summed E-state index contributed by atoms with van der Waals surface area (Å²) in [5.41, 5.74) is 1.70. The molecule has 7 heteroatoms. The highest BCUT2D eigenvalue weighted by Crippen LogP contribution is 2.22. The average molecular weight is 366 g/mol. The van der Waals surface area contributed by atoms with Crippen LogP contribution in [-0.4, -0.2) is 39.5 Å². The normalized spacial score (nSPS) is 16.7. The lowest BCUT2D eigenvalue weighted by atomic mass is 10.1. The van der Waals surface area contributed by atoms with E-state index in [1.807, 2.05) is 41.8 Å². The second-order valence-corrected chi connectivity index (χ2v) is 6.66. The van der Waals surface area contributed by atoms with Crippen molar-refractivity contribution in [3.05, 3.63) is 58.6 Å². The van der Waals surface area contributed by atoms with Crippen molar-refractivity contribution in [1.82, 2.24) is 19.7 Å². The van der Waals surface area contributed by atoms with Crippen molar-refractivity contribution in [2.75, 3.05) is 13.2 Å². The summed E-state index contributed by atoms with van der Waals surface area (Å²) < 4.78 is 8.75.